The minimum absolute atomic E-state index is 0.119. The van der Waals surface area contributed by atoms with Crippen molar-refractivity contribution in [1.29, 1.82) is 0 Å². The number of nitrogens with one attached hydrogen (secondary N) is 1. The number of carbonyl (C=O) groups excluding carboxylic acids is 2. The Morgan fingerprint density at radius 2 is 1.88 bits per heavy atom. The highest BCUT2D eigenvalue weighted by Gasteiger charge is 2.50. The number of benzene rings is 1. The molecule has 4 aliphatic rings. The first-order valence-electron chi connectivity index (χ1n) is 9.26. The minimum atomic E-state index is -0.337. The molecule has 4 atom stereocenters. The van der Waals surface area contributed by atoms with Gasteiger partial charge in [-0.05, 0) is 36.7 Å². The fourth-order valence-corrected chi connectivity index (χ4v) is 5.34. The van der Waals surface area contributed by atoms with Crippen LogP contribution in [0.4, 0.5) is 4.79 Å². The molecule has 0 aromatic heterocycles. The molecular weight excluding hydrogens is 314 g/mol. The maximum Gasteiger partial charge on any atom is 0.322 e. The molecule has 130 valence electrons. The van der Waals surface area contributed by atoms with E-state index >= 15 is 0 Å². The van der Waals surface area contributed by atoms with E-state index in [4.69, 9.17) is 0 Å². The van der Waals surface area contributed by atoms with Gasteiger partial charge >= 0.3 is 6.03 Å². The zero-order valence-electron chi connectivity index (χ0n) is 14.4. The molecule has 2 aliphatic carbocycles. The van der Waals surface area contributed by atoms with Crippen LogP contribution in [0.3, 0.4) is 0 Å². The summed E-state index contributed by atoms with van der Waals surface area (Å²) in [6.07, 6.45) is 4.98. The van der Waals surface area contributed by atoms with E-state index < -0.39 is 0 Å². The normalized spacial score (nSPS) is 34.0. The van der Waals surface area contributed by atoms with Gasteiger partial charge in [-0.3, -0.25) is 9.69 Å². The number of amides is 3. The Labute approximate surface area is 147 Å². The second kappa shape index (κ2) is 5.35. The molecule has 5 nitrogen and oxygen atoms in total. The molecule has 0 saturated heterocycles. The zero-order valence-corrected chi connectivity index (χ0v) is 14.4. The van der Waals surface area contributed by atoms with Crippen LogP contribution in [-0.2, 0) is 4.79 Å². The summed E-state index contributed by atoms with van der Waals surface area (Å²) >= 11 is 0. The molecule has 3 amide bonds. The van der Waals surface area contributed by atoms with Gasteiger partial charge in [0, 0.05) is 13.1 Å². The first kappa shape index (κ1) is 15.0. The number of fused-ring (bicyclic) bond motifs is 2. The number of carbonyl (C=O) groups is 2. The van der Waals surface area contributed by atoms with Crippen LogP contribution in [0, 0.1) is 11.8 Å². The molecule has 1 aromatic rings. The molecule has 5 heteroatoms. The molecule has 0 spiro atoms. The topological polar surface area (TPSA) is 52.7 Å². The number of hydrogen-bond donors (Lipinski definition) is 1. The molecule has 5 rings (SSSR count). The molecule has 2 aliphatic heterocycles. The summed E-state index contributed by atoms with van der Waals surface area (Å²) in [6.45, 7) is 0.579. The van der Waals surface area contributed by atoms with Crippen molar-refractivity contribution in [3.63, 3.8) is 0 Å². The number of nitrogens with zero attached hydrogens (tertiary/aromatic N) is 2. The predicted molar refractivity (Wildman–Crippen MR) is 93.5 cm³/mol. The molecule has 2 bridgehead atoms. The lowest BCUT2D eigenvalue weighted by Gasteiger charge is -2.32. The summed E-state index contributed by atoms with van der Waals surface area (Å²) in [5.74, 6) is 1.57. The lowest BCUT2D eigenvalue weighted by Crippen LogP contribution is -2.45. The third-order valence-electron chi connectivity index (χ3n) is 6.62. The number of likely N-dealkylation sites (N-methyl/N-ethyl adjacent to an activating group) is 1. The van der Waals surface area contributed by atoms with E-state index in [0.717, 1.165) is 29.2 Å². The Morgan fingerprint density at radius 1 is 1.08 bits per heavy atom. The van der Waals surface area contributed by atoms with Gasteiger partial charge in [-0.2, -0.15) is 0 Å². The van der Waals surface area contributed by atoms with Gasteiger partial charge in [0.05, 0.1) is 23.9 Å². The Hall–Kier alpha value is -2.30. The number of hydrogen-bond acceptors (Lipinski definition) is 2. The van der Waals surface area contributed by atoms with E-state index in [0.29, 0.717) is 18.5 Å². The van der Waals surface area contributed by atoms with Crippen LogP contribution in [0.25, 0.3) is 0 Å². The van der Waals surface area contributed by atoms with Gasteiger partial charge in [0.1, 0.15) is 0 Å². The maximum atomic E-state index is 13.3. The molecule has 2 saturated carbocycles. The molecule has 1 aromatic carbocycles. The predicted octanol–water partition coefficient (Wildman–Crippen LogP) is 2.67. The first-order chi connectivity index (χ1) is 12.1. The van der Waals surface area contributed by atoms with Crippen LogP contribution in [0.2, 0.25) is 0 Å². The molecule has 2 fully saturated rings. The average Bonchev–Trinajstić information content (AvgIpc) is 3.33. The van der Waals surface area contributed by atoms with Crippen LogP contribution in [0.5, 0.6) is 0 Å². The second-order valence-electron chi connectivity index (χ2n) is 7.89. The van der Waals surface area contributed by atoms with Gasteiger partial charge in [0.15, 0.2) is 0 Å². The Kier molecular flexibility index (Phi) is 3.21. The second-order valence-corrected chi connectivity index (χ2v) is 7.89. The van der Waals surface area contributed by atoms with Gasteiger partial charge < -0.3 is 10.2 Å². The lowest BCUT2D eigenvalue weighted by atomic mass is 9.93. The number of urea groups is 1. The standard InChI is InChI=1S/C20H23N3O2/c1-22-16-11-23(15-10-12-7-8-14(15)9-12)19(24)17(16)18(21-20(22)25)13-5-3-2-4-6-13/h2-6,12,14-15,18H,7-11H2,1H3,(H,21,25). The minimum Gasteiger partial charge on any atom is -0.330 e. The molecule has 0 radical (unpaired) electrons. The number of rotatable bonds is 2. The fourth-order valence-electron chi connectivity index (χ4n) is 5.34. The monoisotopic (exact) mass is 337 g/mol. The third-order valence-corrected chi connectivity index (χ3v) is 6.62. The summed E-state index contributed by atoms with van der Waals surface area (Å²) in [5, 5.41) is 3.01. The van der Waals surface area contributed by atoms with Gasteiger partial charge in [0.25, 0.3) is 5.91 Å². The summed E-state index contributed by atoms with van der Waals surface area (Å²) in [5.41, 5.74) is 2.61. The van der Waals surface area contributed by atoms with Crippen molar-refractivity contribution in [2.45, 2.75) is 37.8 Å². The van der Waals surface area contributed by atoms with Crippen LogP contribution in [0.15, 0.2) is 41.6 Å². The van der Waals surface area contributed by atoms with Crippen molar-refractivity contribution >= 4 is 11.9 Å². The SMILES string of the molecule is CN1C(=O)NC(c2ccccc2)C2=C1CN(C1CC3CCC1C3)C2=O. The van der Waals surface area contributed by atoms with E-state index in [9.17, 15) is 9.59 Å². The summed E-state index contributed by atoms with van der Waals surface area (Å²) < 4.78 is 0. The molecule has 2 heterocycles. The average molecular weight is 337 g/mol. The van der Waals surface area contributed by atoms with E-state index in [1.807, 2.05) is 30.3 Å². The van der Waals surface area contributed by atoms with E-state index in [1.54, 1.807) is 11.9 Å². The van der Waals surface area contributed by atoms with Crippen LogP contribution < -0.4 is 5.32 Å². The first-order valence-corrected chi connectivity index (χ1v) is 9.26. The molecule has 25 heavy (non-hydrogen) atoms. The van der Waals surface area contributed by atoms with Crippen LogP contribution in [0.1, 0.15) is 37.3 Å². The highest BCUT2D eigenvalue weighted by atomic mass is 16.2. The van der Waals surface area contributed by atoms with Crippen LogP contribution in [-0.4, -0.2) is 41.4 Å². The van der Waals surface area contributed by atoms with Crippen molar-refractivity contribution in [2.75, 3.05) is 13.6 Å². The third kappa shape index (κ3) is 2.14. The Balaban J connectivity index is 1.51. The summed E-state index contributed by atoms with van der Waals surface area (Å²) in [7, 11) is 1.77. The maximum absolute atomic E-state index is 13.3. The zero-order chi connectivity index (χ0) is 17.1. The smallest absolute Gasteiger partial charge is 0.322 e. The highest BCUT2D eigenvalue weighted by Crippen LogP contribution is 2.49. The largest absolute Gasteiger partial charge is 0.330 e. The van der Waals surface area contributed by atoms with Crippen molar-refractivity contribution in [1.82, 2.24) is 15.1 Å². The molecular formula is C20H23N3O2. The highest BCUT2D eigenvalue weighted by molar-refractivity contribution is 6.01. The van der Waals surface area contributed by atoms with E-state index in [-0.39, 0.29) is 18.0 Å². The van der Waals surface area contributed by atoms with Gasteiger partial charge in [0.2, 0.25) is 0 Å². The molecule has 4 unspecified atom stereocenters. The van der Waals surface area contributed by atoms with Crippen molar-refractivity contribution in [3.05, 3.63) is 47.2 Å². The van der Waals surface area contributed by atoms with Crippen molar-refractivity contribution in [2.24, 2.45) is 11.8 Å². The summed E-state index contributed by atoms with van der Waals surface area (Å²) in [4.78, 5) is 29.4. The van der Waals surface area contributed by atoms with E-state index in [2.05, 4.69) is 10.2 Å². The fraction of sp³-hybridized carbons (Fsp3) is 0.500. The molecule has 1 N–H and O–H groups in total. The van der Waals surface area contributed by atoms with Gasteiger partial charge in [-0.25, -0.2) is 4.79 Å². The van der Waals surface area contributed by atoms with E-state index in [1.165, 1.54) is 19.3 Å². The van der Waals surface area contributed by atoms with Gasteiger partial charge in [-0.1, -0.05) is 36.8 Å². The Morgan fingerprint density at radius 3 is 2.56 bits per heavy atom. The van der Waals surface area contributed by atoms with Crippen LogP contribution >= 0.6 is 0 Å². The van der Waals surface area contributed by atoms with Gasteiger partial charge in [-0.15, -0.1) is 0 Å². The van der Waals surface area contributed by atoms with Crippen molar-refractivity contribution < 1.29 is 9.59 Å². The van der Waals surface area contributed by atoms with Crippen molar-refractivity contribution in [3.8, 4) is 0 Å². The summed E-state index contributed by atoms with van der Waals surface area (Å²) in [6, 6.07) is 9.71. The Bertz CT molecular complexity index is 772. The quantitative estimate of drug-likeness (QED) is 0.902. The lowest BCUT2D eigenvalue weighted by molar-refractivity contribution is -0.128.